The molecule has 0 aliphatic heterocycles. The standard InChI is InChI=1S/C12H10IN5/c1-14-11-10-9(13)6-18(12(10)17-7-16-11)8-3-2-4-15-5-8/h2-7H,1H3,(H,14,16,17). The second kappa shape index (κ2) is 4.52. The van der Waals surface area contributed by atoms with E-state index in [9.17, 15) is 0 Å². The number of aromatic nitrogens is 4. The largest absolute Gasteiger partial charge is 0.372 e. The predicted octanol–water partition coefficient (Wildman–Crippen LogP) is 2.46. The van der Waals surface area contributed by atoms with Gasteiger partial charge in [-0.2, -0.15) is 0 Å². The molecule has 18 heavy (non-hydrogen) atoms. The summed E-state index contributed by atoms with van der Waals surface area (Å²) in [6.45, 7) is 0. The minimum Gasteiger partial charge on any atom is -0.372 e. The predicted molar refractivity (Wildman–Crippen MR) is 78.9 cm³/mol. The lowest BCUT2D eigenvalue weighted by Gasteiger charge is -2.04. The Kier molecular flexibility index (Phi) is 2.86. The fourth-order valence-electron chi connectivity index (χ4n) is 1.90. The normalized spacial score (nSPS) is 10.8. The van der Waals surface area contributed by atoms with Crippen molar-refractivity contribution < 1.29 is 0 Å². The molecule has 0 aromatic carbocycles. The molecule has 0 saturated heterocycles. The van der Waals surface area contributed by atoms with Gasteiger partial charge in [-0.15, -0.1) is 0 Å². The van der Waals surface area contributed by atoms with Crippen molar-refractivity contribution in [2.75, 3.05) is 12.4 Å². The summed E-state index contributed by atoms with van der Waals surface area (Å²) in [5, 5.41) is 4.12. The zero-order valence-corrected chi connectivity index (χ0v) is 11.8. The second-order valence-corrected chi connectivity index (χ2v) is 4.89. The number of hydrogen-bond acceptors (Lipinski definition) is 4. The van der Waals surface area contributed by atoms with Gasteiger partial charge < -0.3 is 5.32 Å². The van der Waals surface area contributed by atoms with E-state index < -0.39 is 0 Å². The number of rotatable bonds is 2. The summed E-state index contributed by atoms with van der Waals surface area (Å²) >= 11 is 2.29. The van der Waals surface area contributed by atoms with Crippen LogP contribution in [-0.4, -0.2) is 26.6 Å². The third-order valence-electron chi connectivity index (χ3n) is 2.70. The Balaban J connectivity index is 2.33. The van der Waals surface area contributed by atoms with Crippen LogP contribution in [0.5, 0.6) is 0 Å². The van der Waals surface area contributed by atoms with Gasteiger partial charge in [-0.05, 0) is 34.7 Å². The maximum absolute atomic E-state index is 4.37. The molecule has 0 aliphatic rings. The van der Waals surface area contributed by atoms with Crippen molar-refractivity contribution in [2.24, 2.45) is 0 Å². The van der Waals surface area contributed by atoms with Gasteiger partial charge in [-0.1, -0.05) is 0 Å². The molecule has 3 heterocycles. The van der Waals surface area contributed by atoms with Crippen LogP contribution in [0.4, 0.5) is 5.82 Å². The first kappa shape index (κ1) is 11.4. The molecule has 6 heteroatoms. The molecule has 0 spiro atoms. The second-order valence-electron chi connectivity index (χ2n) is 3.73. The Morgan fingerprint density at radius 2 is 2.22 bits per heavy atom. The summed E-state index contributed by atoms with van der Waals surface area (Å²) in [5.74, 6) is 0.840. The number of fused-ring (bicyclic) bond motifs is 1. The number of nitrogens with zero attached hydrogens (tertiary/aromatic N) is 4. The number of nitrogens with one attached hydrogen (secondary N) is 1. The van der Waals surface area contributed by atoms with Crippen LogP contribution in [0, 0.1) is 3.57 Å². The smallest absolute Gasteiger partial charge is 0.151 e. The van der Waals surface area contributed by atoms with Crippen molar-refractivity contribution in [2.45, 2.75) is 0 Å². The monoisotopic (exact) mass is 351 g/mol. The van der Waals surface area contributed by atoms with Crippen LogP contribution >= 0.6 is 22.6 Å². The highest BCUT2D eigenvalue weighted by molar-refractivity contribution is 14.1. The topological polar surface area (TPSA) is 55.6 Å². The Bertz CT molecular complexity index is 692. The maximum Gasteiger partial charge on any atom is 0.151 e. The molecule has 0 atom stereocenters. The van der Waals surface area contributed by atoms with Crippen LogP contribution in [0.2, 0.25) is 0 Å². The van der Waals surface area contributed by atoms with Gasteiger partial charge in [0.2, 0.25) is 0 Å². The molecule has 3 rings (SSSR count). The number of anilines is 1. The van der Waals surface area contributed by atoms with Crippen molar-refractivity contribution in [1.82, 2.24) is 19.5 Å². The quantitative estimate of drug-likeness (QED) is 0.721. The van der Waals surface area contributed by atoms with E-state index in [0.717, 1.165) is 26.1 Å². The average Bonchev–Trinajstić information content (AvgIpc) is 2.77. The van der Waals surface area contributed by atoms with Crippen LogP contribution < -0.4 is 5.32 Å². The maximum atomic E-state index is 4.37. The Hall–Kier alpha value is -1.70. The van der Waals surface area contributed by atoms with E-state index >= 15 is 0 Å². The molecule has 3 aromatic heterocycles. The van der Waals surface area contributed by atoms with E-state index in [4.69, 9.17) is 0 Å². The third-order valence-corrected chi connectivity index (χ3v) is 3.52. The number of hydrogen-bond donors (Lipinski definition) is 1. The first-order chi connectivity index (χ1) is 8.81. The lowest BCUT2D eigenvalue weighted by molar-refractivity contribution is 1.06. The highest BCUT2D eigenvalue weighted by Gasteiger charge is 2.13. The third kappa shape index (κ3) is 1.72. The number of halogens is 1. The molecule has 0 fully saturated rings. The fraction of sp³-hybridized carbons (Fsp3) is 0.0833. The Morgan fingerprint density at radius 3 is 2.94 bits per heavy atom. The van der Waals surface area contributed by atoms with Gasteiger partial charge in [0.05, 0.1) is 17.3 Å². The Morgan fingerprint density at radius 1 is 1.33 bits per heavy atom. The molecular weight excluding hydrogens is 341 g/mol. The average molecular weight is 351 g/mol. The fourth-order valence-corrected chi connectivity index (χ4v) is 2.68. The van der Waals surface area contributed by atoms with Crippen LogP contribution in [0.15, 0.2) is 37.1 Å². The molecule has 0 aliphatic carbocycles. The van der Waals surface area contributed by atoms with E-state index in [2.05, 4.69) is 42.9 Å². The van der Waals surface area contributed by atoms with Crippen LogP contribution in [0.1, 0.15) is 0 Å². The van der Waals surface area contributed by atoms with E-state index in [1.807, 2.05) is 36.1 Å². The van der Waals surface area contributed by atoms with E-state index in [-0.39, 0.29) is 0 Å². The van der Waals surface area contributed by atoms with Crippen molar-refractivity contribution in [3.63, 3.8) is 0 Å². The van der Waals surface area contributed by atoms with Gasteiger partial charge in [0.1, 0.15) is 12.1 Å². The molecule has 0 saturated carbocycles. The van der Waals surface area contributed by atoms with E-state index in [0.29, 0.717) is 0 Å². The Labute approximate surface area is 117 Å². The summed E-state index contributed by atoms with van der Waals surface area (Å²) < 4.78 is 3.13. The molecule has 5 nitrogen and oxygen atoms in total. The van der Waals surface area contributed by atoms with Crippen LogP contribution in [-0.2, 0) is 0 Å². The van der Waals surface area contributed by atoms with Crippen LogP contribution in [0.25, 0.3) is 16.7 Å². The summed E-state index contributed by atoms with van der Waals surface area (Å²) in [5.41, 5.74) is 1.87. The van der Waals surface area contributed by atoms with Crippen LogP contribution in [0.3, 0.4) is 0 Å². The number of pyridine rings is 1. The molecule has 0 amide bonds. The molecule has 0 radical (unpaired) electrons. The van der Waals surface area contributed by atoms with E-state index in [1.54, 1.807) is 12.5 Å². The summed E-state index contributed by atoms with van der Waals surface area (Å²) in [6.07, 6.45) is 7.18. The zero-order chi connectivity index (χ0) is 12.5. The van der Waals surface area contributed by atoms with E-state index in [1.165, 1.54) is 0 Å². The van der Waals surface area contributed by atoms with Gasteiger partial charge in [-0.3, -0.25) is 9.55 Å². The van der Waals surface area contributed by atoms with Gasteiger partial charge >= 0.3 is 0 Å². The van der Waals surface area contributed by atoms with Crippen molar-refractivity contribution in [3.8, 4) is 5.69 Å². The molecule has 0 unspecified atom stereocenters. The van der Waals surface area contributed by atoms with Crippen molar-refractivity contribution in [3.05, 3.63) is 40.6 Å². The molecule has 0 bridgehead atoms. The SMILES string of the molecule is CNc1ncnc2c1c(I)cn2-c1cccnc1. The van der Waals surface area contributed by atoms with Gasteiger partial charge in [0, 0.05) is 23.0 Å². The minimum absolute atomic E-state index is 0.840. The summed E-state index contributed by atoms with van der Waals surface area (Å²) in [7, 11) is 1.86. The zero-order valence-electron chi connectivity index (χ0n) is 9.63. The minimum atomic E-state index is 0.840. The summed E-state index contributed by atoms with van der Waals surface area (Å²) in [6, 6.07) is 3.91. The lowest BCUT2D eigenvalue weighted by atomic mass is 10.4. The lowest BCUT2D eigenvalue weighted by Crippen LogP contribution is -1.97. The van der Waals surface area contributed by atoms with Crippen molar-refractivity contribution in [1.29, 1.82) is 0 Å². The first-order valence-electron chi connectivity index (χ1n) is 5.41. The molecule has 1 N–H and O–H groups in total. The summed E-state index contributed by atoms with van der Waals surface area (Å²) in [4.78, 5) is 12.7. The first-order valence-corrected chi connectivity index (χ1v) is 6.49. The van der Waals surface area contributed by atoms with Gasteiger partial charge in [0.25, 0.3) is 0 Å². The molecule has 3 aromatic rings. The highest BCUT2D eigenvalue weighted by Crippen LogP contribution is 2.28. The molecular formula is C12H10IN5. The van der Waals surface area contributed by atoms with Crippen molar-refractivity contribution >= 4 is 39.4 Å². The van der Waals surface area contributed by atoms with Gasteiger partial charge in [0.15, 0.2) is 5.65 Å². The molecule has 90 valence electrons. The highest BCUT2D eigenvalue weighted by atomic mass is 127. The van der Waals surface area contributed by atoms with Gasteiger partial charge in [-0.25, -0.2) is 9.97 Å².